The summed E-state index contributed by atoms with van der Waals surface area (Å²) in [4.78, 5) is 45.0. The lowest BCUT2D eigenvalue weighted by Gasteiger charge is -2.38. The summed E-state index contributed by atoms with van der Waals surface area (Å²) >= 11 is 0. The molecule has 4 heterocycles. The number of benzene rings is 1. The third-order valence-electron chi connectivity index (χ3n) is 6.42. The summed E-state index contributed by atoms with van der Waals surface area (Å²) in [5, 5.41) is 2.34. The molecule has 3 aliphatic heterocycles. The maximum Gasteiger partial charge on any atom is 0.255 e. The molecule has 9 heteroatoms. The number of aromatic nitrogens is 1. The third kappa shape index (κ3) is 4.13. The summed E-state index contributed by atoms with van der Waals surface area (Å²) < 4.78 is 0. The monoisotopic (exact) mass is 455 g/mol. The Morgan fingerprint density at radius 2 is 1.94 bits per heavy atom. The van der Waals surface area contributed by atoms with E-state index in [1.807, 2.05) is 30.5 Å². The van der Waals surface area contributed by atoms with Crippen LogP contribution in [-0.2, 0) is 22.7 Å². The van der Waals surface area contributed by atoms with E-state index < -0.39 is 11.9 Å². The predicted octanol–water partition coefficient (Wildman–Crippen LogP) is 1.32. The van der Waals surface area contributed by atoms with E-state index in [1.54, 1.807) is 4.90 Å². The molecule has 0 bridgehead atoms. The zero-order valence-corrected chi connectivity index (χ0v) is 18.4. The van der Waals surface area contributed by atoms with E-state index in [0.717, 1.165) is 43.0 Å². The maximum atomic E-state index is 12.9. The van der Waals surface area contributed by atoms with Crippen LogP contribution in [0.5, 0.6) is 0 Å². The van der Waals surface area contributed by atoms with Crippen molar-refractivity contribution in [2.45, 2.75) is 32.0 Å². The van der Waals surface area contributed by atoms with Gasteiger partial charge >= 0.3 is 0 Å². The zero-order valence-electron chi connectivity index (χ0n) is 17.6. The molecule has 168 valence electrons. The van der Waals surface area contributed by atoms with Crippen molar-refractivity contribution in [3.63, 3.8) is 0 Å². The van der Waals surface area contributed by atoms with Gasteiger partial charge < -0.3 is 10.6 Å². The lowest BCUT2D eigenvalue weighted by Crippen LogP contribution is -2.52. The van der Waals surface area contributed by atoms with Crippen LogP contribution in [-0.4, -0.2) is 58.2 Å². The van der Waals surface area contributed by atoms with Crippen molar-refractivity contribution in [3.05, 3.63) is 53.2 Å². The number of carbonyl (C=O) groups is 3. The van der Waals surface area contributed by atoms with E-state index in [2.05, 4.69) is 21.3 Å². The minimum atomic E-state index is -0.601. The molecule has 1 aromatic carbocycles. The molecule has 0 spiro atoms. The summed E-state index contributed by atoms with van der Waals surface area (Å²) in [6.07, 6.45) is 2.43. The Kier molecular flexibility index (Phi) is 6.28. The smallest absolute Gasteiger partial charge is 0.255 e. The lowest BCUT2D eigenvalue weighted by atomic mass is 9.99. The Morgan fingerprint density at radius 3 is 2.69 bits per heavy atom. The van der Waals surface area contributed by atoms with Crippen LogP contribution >= 0.6 is 12.4 Å². The number of pyridine rings is 1. The van der Waals surface area contributed by atoms with Crippen LogP contribution in [0.4, 0.5) is 0 Å². The highest BCUT2D eigenvalue weighted by atomic mass is 35.5. The largest absolute Gasteiger partial charge is 0.330 e. The van der Waals surface area contributed by atoms with Gasteiger partial charge in [-0.3, -0.25) is 29.6 Å². The van der Waals surface area contributed by atoms with Crippen LogP contribution in [0.15, 0.2) is 36.5 Å². The molecule has 0 aliphatic carbocycles. The highest BCUT2D eigenvalue weighted by Crippen LogP contribution is 2.31. The summed E-state index contributed by atoms with van der Waals surface area (Å²) in [5.41, 5.74) is 10.2. The van der Waals surface area contributed by atoms with Gasteiger partial charge in [0.1, 0.15) is 6.04 Å². The number of halogens is 1. The molecule has 1 atom stereocenters. The molecular weight excluding hydrogens is 430 g/mol. The molecule has 1 unspecified atom stereocenters. The number of carbonyl (C=O) groups excluding carboxylic acids is 3. The lowest BCUT2D eigenvalue weighted by molar-refractivity contribution is -0.136. The minimum Gasteiger partial charge on any atom is -0.330 e. The van der Waals surface area contributed by atoms with Gasteiger partial charge in [0.2, 0.25) is 11.8 Å². The molecule has 2 aromatic rings. The number of likely N-dealkylation sites (tertiary alicyclic amines) is 1. The number of hydrogen-bond acceptors (Lipinski definition) is 6. The predicted molar refractivity (Wildman–Crippen MR) is 121 cm³/mol. The van der Waals surface area contributed by atoms with Gasteiger partial charge in [0.05, 0.1) is 5.69 Å². The summed E-state index contributed by atoms with van der Waals surface area (Å²) in [6.45, 7) is 4.04. The van der Waals surface area contributed by atoms with Crippen molar-refractivity contribution < 1.29 is 14.4 Å². The first-order valence-corrected chi connectivity index (χ1v) is 10.7. The van der Waals surface area contributed by atoms with Crippen molar-refractivity contribution in [1.29, 1.82) is 0 Å². The van der Waals surface area contributed by atoms with E-state index in [0.29, 0.717) is 24.4 Å². The minimum absolute atomic E-state index is 0. The fourth-order valence-electron chi connectivity index (χ4n) is 4.68. The first kappa shape index (κ1) is 22.4. The summed E-state index contributed by atoms with van der Waals surface area (Å²) in [7, 11) is 0. The number of rotatable bonds is 5. The molecular formula is C23H26ClN5O3. The number of imide groups is 1. The normalized spacial score (nSPS) is 21.1. The Labute approximate surface area is 192 Å². The number of nitrogens with two attached hydrogens (primary N) is 1. The topological polar surface area (TPSA) is 109 Å². The molecule has 2 fully saturated rings. The molecule has 0 saturated carbocycles. The van der Waals surface area contributed by atoms with Crippen molar-refractivity contribution in [2.75, 3.05) is 19.6 Å². The van der Waals surface area contributed by atoms with Crippen LogP contribution in [0.1, 0.15) is 34.3 Å². The number of piperidine rings is 1. The number of nitrogens with one attached hydrogen (secondary N) is 1. The van der Waals surface area contributed by atoms with Gasteiger partial charge in [0.15, 0.2) is 0 Å². The Bertz CT molecular complexity index is 1070. The summed E-state index contributed by atoms with van der Waals surface area (Å²) in [5.74, 6) is -0.238. The molecule has 2 saturated heterocycles. The van der Waals surface area contributed by atoms with Crippen LogP contribution in [0.3, 0.4) is 0 Å². The quantitative estimate of drug-likeness (QED) is 0.658. The number of nitrogens with zero attached hydrogens (tertiary/aromatic N) is 3. The molecule has 8 nitrogen and oxygen atoms in total. The van der Waals surface area contributed by atoms with E-state index in [9.17, 15) is 14.4 Å². The number of hydrogen-bond donors (Lipinski definition) is 2. The molecule has 3 N–H and O–H groups in total. The summed E-state index contributed by atoms with van der Waals surface area (Å²) in [6, 6.07) is 9.22. The molecule has 3 aliphatic rings. The second-order valence-corrected chi connectivity index (χ2v) is 8.62. The maximum absolute atomic E-state index is 12.9. The highest BCUT2D eigenvalue weighted by Gasteiger charge is 2.39. The van der Waals surface area contributed by atoms with Gasteiger partial charge in [-0.15, -0.1) is 12.4 Å². The Balaban J connectivity index is 0.00000245. The van der Waals surface area contributed by atoms with E-state index in [-0.39, 0.29) is 30.6 Å². The second-order valence-electron chi connectivity index (χ2n) is 8.62. The molecule has 1 aromatic heterocycles. The Hall–Kier alpha value is -2.81. The van der Waals surface area contributed by atoms with Gasteiger partial charge in [-0.05, 0) is 54.3 Å². The van der Waals surface area contributed by atoms with E-state index in [4.69, 9.17) is 5.73 Å². The standard InChI is InChI=1S/C23H25N5O3.ClH/c24-9-15-11-27(12-15)10-14-5-6-25-19(7-14)16-1-2-18-17(8-16)13-28(23(18)31)20-3-4-21(29)26-22(20)30;/h1-2,5-8,15,20H,3-4,9-13,24H2,(H,26,29,30);1H. The molecule has 0 radical (unpaired) electrons. The fourth-order valence-corrected chi connectivity index (χ4v) is 4.68. The number of amides is 3. The van der Waals surface area contributed by atoms with E-state index in [1.165, 1.54) is 5.56 Å². The van der Waals surface area contributed by atoms with Crippen LogP contribution in [0.2, 0.25) is 0 Å². The van der Waals surface area contributed by atoms with Crippen LogP contribution < -0.4 is 11.1 Å². The van der Waals surface area contributed by atoms with Gasteiger partial charge in [-0.2, -0.15) is 0 Å². The molecule has 32 heavy (non-hydrogen) atoms. The second kappa shape index (κ2) is 8.97. The Morgan fingerprint density at radius 1 is 1.12 bits per heavy atom. The first-order valence-electron chi connectivity index (χ1n) is 10.7. The first-order chi connectivity index (χ1) is 15.0. The van der Waals surface area contributed by atoms with Crippen LogP contribution in [0, 0.1) is 5.92 Å². The third-order valence-corrected chi connectivity index (χ3v) is 6.42. The average Bonchev–Trinajstić information content (AvgIpc) is 3.06. The molecule has 5 rings (SSSR count). The van der Waals surface area contributed by atoms with Gasteiger partial charge in [0.25, 0.3) is 5.91 Å². The highest BCUT2D eigenvalue weighted by molar-refractivity contribution is 6.05. The van der Waals surface area contributed by atoms with Gasteiger partial charge in [0, 0.05) is 49.9 Å². The van der Waals surface area contributed by atoms with Crippen molar-refractivity contribution in [3.8, 4) is 11.3 Å². The molecule has 3 amide bonds. The van der Waals surface area contributed by atoms with E-state index >= 15 is 0 Å². The van der Waals surface area contributed by atoms with Gasteiger partial charge in [-0.25, -0.2) is 0 Å². The average molecular weight is 456 g/mol. The SMILES string of the molecule is Cl.NCC1CN(Cc2ccnc(-c3ccc4c(c3)CN(C3CCC(=O)NC3=O)C4=O)c2)C1. The zero-order chi connectivity index (χ0) is 21.5. The van der Waals surface area contributed by atoms with Crippen molar-refractivity contribution in [1.82, 2.24) is 20.1 Å². The fraction of sp³-hybridized carbons (Fsp3) is 0.391. The number of fused-ring (bicyclic) bond motifs is 1. The van der Waals surface area contributed by atoms with Crippen molar-refractivity contribution in [2.24, 2.45) is 11.7 Å². The van der Waals surface area contributed by atoms with Gasteiger partial charge in [-0.1, -0.05) is 6.07 Å². The van der Waals surface area contributed by atoms with Crippen LogP contribution in [0.25, 0.3) is 11.3 Å². The van der Waals surface area contributed by atoms with Crippen molar-refractivity contribution >= 4 is 30.1 Å².